The van der Waals surface area contributed by atoms with Crippen LogP contribution in [0.5, 0.6) is 0 Å². The van der Waals surface area contributed by atoms with Crippen LogP contribution in [0.25, 0.3) is 0 Å². The summed E-state index contributed by atoms with van der Waals surface area (Å²) < 4.78 is 4.98. The predicted octanol–water partition coefficient (Wildman–Crippen LogP) is 1.47. The molecule has 0 rings (SSSR count). The highest BCUT2D eigenvalue weighted by atomic mass is 16.5. The lowest BCUT2D eigenvalue weighted by Crippen LogP contribution is -2.45. The maximum Gasteiger partial charge on any atom is 0.240 e. The number of rotatable bonds is 6. The van der Waals surface area contributed by atoms with Gasteiger partial charge in [0.1, 0.15) is 5.41 Å². The second-order valence-electron chi connectivity index (χ2n) is 3.83. The summed E-state index contributed by atoms with van der Waals surface area (Å²) in [4.78, 5) is 11.8. The van der Waals surface area contributed by atoms with Gasteiger partial charge in [0.15, 0.2) is 0 Å². The average molecular weight is 212 g/mol. The quantitative estimate of drug-likeness (QED) is 0.725. The molecule has 0 saturated carbocycles. The molecule has 0 aromatic heterocycles. The van der Waals surface area contributed by atoms with Gasteiger partial charge in [-0.2, -0.15) is 5.26 Å². The molecule has 0 heterocycles. The number of carbonyl (C=O) groups is 1. The molecule has 0 aliphatic heterocycles. The number of nitrogens with zero attached hydrogens (tertiary/aromatic N) is 1. The lowest BCUT2D eigenvalue weighted by Gasteiger charge is -2.23. The topological polar surface area (TPSA) is 62.1 Å². The Bertz CT molecular complexity index is 247. The van der Waals surface area contributed by atoms with Crippen molar-refractivity contribution in [1.82, 2.24) is 5.32 Å². The van der Waals surface area contributed by atoms with Crippen LogP contribution in [-0.4, -0.2) is 25.7 Å². The average Bonchev–Trinajstić information content (AvgIpc) is 2.27. The molecule has 0 aromatic rings. The van der Waals surface area contributed by atoms with E-state index >= 15 is 0 Å². The van der Waals surface area contributed by atoms with Crippen molar-refractivity contribution in [2.75, 3.05) is 13.7 Å². The number of nitriles is 1. The van der Waals surface area contributed by atoms with Gasteiger partial charge in [0, 0.05) is 7.11 Å². The first-order valence-electron chi connectivity index (χ1n) is 5.25. The molecular formula is C11H20N2O2. The maximum absolute atomic E-state index is 11.8. The summed E-state index contributed by atoms with van der Waals surface area (Å²) in [5.74, 6) is -0.212. The molecule has 0 aliphatic rings. The van der Waals surface area contributed by atoms with Crippen molar-refractivity contribution in [2.45, 2.75) is 39.7 Å². The Morgan fingerprint density at radius 3 is 2.53 bits per heavy atom. The van der Waals surface area contributed by atoms with Gasteiger partial charge >= 0.3 is 0 Å². The van der Waals surface area contributed by atoms with Gasteiger partial charge in [-0.1, -0.05) is 13.8 Å². The molecule has 4 nitrogen and oxygen atoms in total. The van der Waals surface area contributed by atoms with E-state index in [0.29, 0.717) is 13.0 Å². The van der Waals surface area contributed by atoms with E-state index in [4.69, 9.17) is 10.00 Å². The van der Waals surface area contributed by atoms with E-state index in [1.165, 1.54) is 0 Å². The zero-order valence-corrected chi connectivity index (χ0v) is 9.96. The Balaban J connectivity index is 4.40. The van der Waals surface area contributed by atoms with Crippen molar-refractivity contribution in [1.29, 1.82) is 5.26 Å². The van der Waals surface area contributed by atoms with Crippen LogP contribution in [0.3, 0.4) is 0 Å². The van der Waals surface area contributed by atoms with Crippen molar-refractivity contribution in [3.05, 3.63) is 0 Å². The minimum absolute atomic E-state index is 0.0123. The first-order chi connectivity index (χ1) is 7.03. The molecular weight excluding hydrogens is 192 g/mol. The van der Waals surface area contributed by atoms with Crippen LogP contribution in [0, 0.1) is 16.7 Å². The summed E-state index contributed by atoms with van der Waals surface area (Å²) in [5.41, 5.74) is -0.929. The minimum Gasteiger partial charge on any atom is -0.383 e. The molecule has 0 aromatic carbocycles. The normalized spacial score (nSPS) is 16.2. The molecule has 1 N–H and O–H groups in total. The van der Waals surface area contributed by atoms with Crippen molar-refractivity contribution >= 4 is 5.91 Å². The van der Waals surface area contributed by atoms with Crippen molar-refractivity contribution in [3.63, 3.8) is 0 Å². The molecule has 0 saturated heterocycles. The summed E-state index contributed by atoms with van der Waals surface area (Å²) in [6.07, 6.45) is 1.31. The van der Waals surface area contributed by atoms with Gasteiger partial charge in [0.05, 0.1) is 18.7 Å². The maximum atomic E-state index is 11.8. The minimum atomic E-state index is -0.929. The Morgan fingerprint density at radius 1 is 1.60 bits per heavy atom. The third-order valence-electron chi connectivity index (χ3n) is 2.65. The highest BCUT2D eigenvalue weighted by Crippen LogP contribution is 2.19. The fraction of sp³-hybridized carbons (Fsp3) is 0.818. The van der Waals surface area contributed by atoms with E-state index in [2.05, 4.69) is 5.32 Å². The summed E-state index contributed by atoms with van der Waals surface area (Å²) in [6.45, 7) is 5.94. The second-order valence-corrected chi connectivity index (χ2v) is 3.83. The van der Waals surface area contributed by atoms with Gasteiger partial charge in [-0.05, 0) is 19.8 Å². The molecule has 0 bridgehead atoms. The van der Waals surface area contributed by atoms with E-state index in [9.17, 15) is 4.79 Å². The van der Waals surface area contributed by atoms with Crippen LogP contribution in [0.1, 0.15) is 33.6 Å². The number of hydrogen-bond acceptors (Lipinski definition) is 3. The standard InChI is InChI=1S/C11H20N2O2/c1-5-9(7-15-4)13-10(14)11(3,6-2)8-12/h9H,5-7H2,1-4H3,(H,13,14). The molecule has 0 aliphatic carbocycles. The van der Waals surface area contributed by atoms with E-state index in [1.807, 2.05) is 19.9 Å². The third kappa shape index (κ3) is 3.88. The van der Waals surface area contributed by atoms with E-state index in [-0.39, 0.29) is 11.9 Å². The zero-order chi connectivity index (χ0) is 11.9. The Kier molecular flexibility index (Phi) is 5.95. The second kappa shape index (κ2) is 6.41. The van der Waals surface area contributed by atoms with Gasteiger partial charge in [-0.25, -0.2) is 0 Å². The Hall–Kier alpha value is -1.08. The Labute approximate surface area is 91.6 Å². The number of methoxy groups -OCH3 is 1. The molecule has 86 valence electrons. The molecule has 0 fully saturated rings. The zero-order valence-electron chi connectivity index (χ0n) is 9.96. The number of nitrogens with one attached hydrogen (secondary N) is 1. The number of amides is 1. The summed E-state index contributed by atoms with van der Waals surface area (Å²) in [7, 11) is 1.60. The number of carbonyl (C=O) groups excluding carboxylic acids is 1. The predicted molar refractivity (Wildman–Crippen MR) is 58.1 cm³/mol. The van der Waals surface area contributed by atoms with E-state index < -0.39 is 5.41 Å². The van der Waals surface area contributed by atoms with Crippen molar-refractivity contribution < 1.29 is 9.53 Å². The molecule has 15 heavy (non-hydrogen) atoms. The Morgan fingerprint density at radius 2 is 2.20 bits per heavy atom. The fourth-order valence-corrected chi connectivity index (χ4v) is 1.10. The van der Waals surface area contributed by atoms with Crippen molar-refractivity contribution in [2.24, 2.45) is 5.41 Å². The highest BCUT2D eigenvalue weighted by molar-refractivity contribution is 5.85. The van der Waals surface area contributed by atoms with Gasteiger partial charge in [-0.15, -0.1) is 0 Å². The summed E-state index contributed by atoms with van der Waals surface area (Å²) >= 11 is 0. The number of hydrogen-bond donors (Lipinski definition) is 1. The van der Waals surface area contributed by atoms with E-state index in [0.717, 1.165) is 6.42 Å². The van der Waals surface area contributed by atoms with Crippen LogP contribution in [0.15, 0.2) is 0 Å². The lowest BCUT2D eigenvalue weighted by atomic mass is 9.88. The van der Waals surface area contributed by atoms with Crippen LogP contribution in [-0.2, 0) is 9.53 Å². The first kappa shape index (κ1) is 13.9. The highest BCUT2D eigenvalue weighted by Gasteiger charge is 2.32. The largest absolute Gasteiger partial charge is 0.383 e. The molecule has 1 amide bonds. The van der Waals surface area contributed by atoms with E-state index in [1.54, 1.807) is 14.0 Å². The number of ether oxygens (including phenoxy) is 1. The van der Waals surface area contributed by atoms with Gasteiger partial charge in [0.25, 0.3) is 0 Å². The fourth-order valence-electron chi connectivity index (χ4n) is 1.10. The molecule has 4 heteroatoms. The first-order valence-corrected chi connectivity index (χ1v) is 5.25. The van der Waals surface area contributed by atoms with Gasteiger partial charge in [0.2, 0.25) is 5.91 Å². The van der Waals surface area contributed by atoms with Crippen LogP contribution in [0.2, 0.25) is 0 Å². The van der Waals surface area contributed by atoms with Crippen LogP contribution >= 0.6 is 0 Å². The van der Waals surface area contributed by atoms with Crippen LogP contribution < -0.4 is 5.32 Å². The summed E-state index contributed by atoms with van der Waals surface area (Å²) in [5, 5.41) is 11.8. The molecule has 0 spiro atoms. The third-order valence-corrected chi connectivity index (χ3v) is 2.65. The monoisotopic (exact) mass is 212 g/mol. The van der Waals surface area contributed by atoms with Gasteiger partial charge < -0.3 is 10.1 Å². The van der Waals surface area contributed by atoms with Crippen molar-refractivity contribution in [3.8, 4) is 6.07 Å². The van der Waals surface area contributed by atoms with Gasteiger partial charge in [-0.3, -0.25) is 4.79 Å². The smallest absolute Gasteiger partial charge is 0.240 e. The SMILES string of the molecule is CCC(COC)NC(=O)C(C)(C#N)CC. The summed E-state index contributed by atoms with van der Waals surface area (Å²) in [6, 6.07) is 2.03. The molecule has 2 unspecified atom stereocenters. The molecule has 2 atom stereocenters. The molecule has 0 radical (unpaired) electrons. The lowest BCUT2D eigenvalue weighted by molar-refractivity contribution is -0.128. The van der Waals surface area contributed by atoms with Crippen LogP contribution in [0.4, 0.5) is 0 Å².